The molecule has 34 heavy (non-hydrogen) atoms. The van der Waals surface area contributed by atoms with E-state index in [-0.39, 0.29) is 24.6 Å². The molecule has 1 saturated heterocycles. The van der Waals surface area contributed by atoms with Crippen LogP contribution in [-0.4, -0.2) is 62.1 Å². The van der Waals surface area contributed by atoms with Crippen LogP contribution in [0.1, 0.15) is 31.2 Å². The van der Waals surface area contributed by atoms with Crippen molar-refractivity contribution in [2.75, 3.05) is 18.0 Å². The maximum Gasteiger partial charge on any atom is 0.239 e. The molecule has 10 heteroatoms. The fourth-order valence-electron chi connectivity index (χ4n) is 5.40. The fraction of sp³-hybridized carbons (Fsp3) is 0.375. The van der Waals surface area contributed by atoms with Gasteiger partial charge < -0.3 is 9.64 Å². The van der Waals surface area contributed by atoms with Gasteiger partial charge in [0.05, 0.1) is 29.7 Å². The number of aromatic nitrogens is 4. The lowest BCUT2D eigenvalue weighted by molar-refractivity contribution is -0.129. The second kappa shape index (κ2) is 7.68. The molecule has 1 aliphatic carbocycles. The third-order valence-electron chi connectivity index (χ3n) is 7.10. The zero-order valence-electron chi connectivity index (χ0n) is 18.3. The normalized spacial score (nSPS) is 25.2. The van der Waals surface area contributed by atoms with Crippen molar-refractivity contribution in [1.82, 2.24) is 25.1 Å². The molecule has 2 fully saturated rings. The molecule has 0 aromatic carbocycles. The van der Waals surface area contributed by atoms with Crippen LogP contribution in [-0.2, 0) is 15.0 Å². The first-order valence-corrected chi connectivity index (χ1v) is 11.3. The smallest absolute Gasteiger partial charge is 0.239 e. The highest BCUT2D eigenvalue weighted by Gasteiger charge is 2.60. The lowest BCUT2D eigenvalue weighted by atomic mass is 9.63. The molecular formula is C24H21N7O3. The SMILES string of the molecule is N#CC1CCCN1C(=C=O)CN1C(=O)C2(CC(Oc3ccc4[nH]ncc4n3)C2)c2cccnc21. The largest absolute Gasteiger partial charge is 0.474 e. The van der Waals surface area contributed by atoms with E-state index in [2.05, 4.69) is 26.2 Å². The zero-order valence-corrected chi connectivity index (χ0v) is 18.3. The Labute approximate surface area is 194 Å². The monoisotopic (exact) mass is 455 g/mol. The first kappa shape index (κ1) is 20.4. The maximum atomic E-state index is 13.7. The Kier molecular flexibility index (Phi) is 4.61. The van der Waals surface area contributed by atoms with Gasteiger partial charge >= 0.3 is 0 Å². The number of H-pyrrole nitrogens is 1. The number of likely N-dealkylation sites (tertiary alicyclic amines) is 1. The Morgan fingerprint density at radius 1 is 1.32 bits per heavy atom. The first-order valence-electron chi connectivity index (χ1n) is 11.3. The Balaban J connectivity index is 1.23. The molecule has 10 nitrogen and oxygen atoms in total. The Bertz CT molecular complexity index is 1380. The number of carbonyl (C=O) groups excluding carboxylic acids is 2. The van der Waals surface area contributed by atoms with E-state index in [0.29, 0.717) is 43.2 Å². The van der Waals surface area contributed by atoms with Gasteiger partial charge in [0.25, 0.3) is 0 Å². The van der Waals surface area contributed by atoms with Crippen LogP contribution < -0.4 is 9.64 Å². The van der Waals surface area contributed by atoms with E-state index in [1.54, 1.807) is 28.3 Å². The third-order valence-corrected chi connectivity index (χ3v) is 7.10. The first-order chi connectivity index (χ1) is 16.6. The highest BCUT2D eigenvalue weighted by atomic mass is 16.5. The van der Waals surface area contributed by atoms with Crippen LogP contribution in [0, 0.1) is 11.3 Å². The number of aromatic amines is 1. The predicted octanol–water partition coefficient (Wildman–Crippen LogP) is 1.88. The quantitative estimate of drug-likeness (QED) is 0.578. The van der Waals surface area contributed by atoms with E-state index in [0.717, 1.165) is 23.0 Å². The molecular weight excluding hydrogens is 434 g/mol. The second-order valence-electron chi connectivity index (χ2n) is 8.98. The summed E-state index contributed by atoms with van der Waals surface area (Å²) in [6.45, 7) is 0.658. The molecule has 1 spiro atoms. The molecule has 6 rings (SSSR count). The summed E-state index contributed by atoms with van der Waals surface area (Å²) in [6.07, 6.45) is 5.64. The fourth-order valence-corrected chi connectivity index (χ4v) is 5.40. The van der Waals surface area contributed by atoms with Crippen LogP contribution in [0.25, 0.3) is 11.0 Å². The molecule has 3 aliphatic rings. The molecule has 1 amide bonds. The average molecular weight is 455 g/mol. The van der Waals surface area contributed by atoms with Gasteiger partial charge in [0.2, 0.25) is 11.8 Å². The number of nitrogens with one attached hydrogen (secondary N) is 1. The van der Waals surface area contributed by atoms with Crippen LogP contribution in [0.5, 0.6) is 5.88 Å². The Morgan fingerprint density at radius 3 is 3.03 bits per heavy atom. The molecule has 170 valence electrons. The van der Waals surface area contributed by atoms with Gasteiger partial charge in [0.15, 0.2) is 0 Å². The summed E-state index contributed by atoms with van der Waals surface area (Å²) >= 11 is 0. The summed E-state index contributed by atoms with van der Waals surface area (Å²) in [5.41, 5.74) is 1.98. The van der Waals surface area contributed by atoms with Crippen molar-refractivity contribution in [3.8, 4) is 11.9 Å². The van der Waals surface area contributed by atoms with E-state index in [9.17, 15) is 14.9 Å². The highest BCUT2D eigenvalue weighted by Crippen LogP contribution is 2.53. The van der Waals surface area contributed by atoms with Crippen molar-refractivity contribution in [2.45, 2.75) is 43.2 Å². The molecule has 3 aromatic rings. The van der Waals surface area contributed by atoms with E-state index in [1.165, 1.54) is 0 Å². The maximum absolute atomic E-state index is 13.7. The molecule has 3 aromatic heterocycles. The van der Waals surface area contributed by atoms with E-state index in [1.807, 2.05) is 24.1 Å². The number of pyridine rings is 2. The summed E-state index contributed by atoms with van der Waals surface area (Å²) in [6, 6.07) is 9.26. The van der Waals surface area contributed by atoms with Crippen molar-refractivity contribution < 1.29 is 14.3 Å². The van der Waals surface area contributed by atoms with Gasteiger partial charge in [-0.05, 0) is 25.0 Å². The standard InChI is InChI=1S/C24H21N7O3/c25-11-15-3-2-8-30(15)16(14-32)13-31-22-18(4-1-7-26-22)24(23(31)33)9-17(10-24)34-21-6-5-19-20(28-21)12-27-29-19/h1,4-7,12,15,17H,2-3,8-10,13H2,(H,27,29). The van der Waals surface area contributed by atoms with Crippen molar-refractivity contribution in [1.29, 1.82) is 5.26 Å². The molecule has 1 saturated carbocycles. The summed E-state index contributed by atoms with van der Waals surface area (Å²) in [4.78, 5) is 37.8. The molecule has 0 bridgehead atoms. The minimum atomic E-state index is -0.734. The third kappa shape index (κ3) is 2.98. The van der Waals surface area contributed by atoms with Crippen molar-refractivity contribution in [3.05, 3.63) is 47.9 Å². The van der Waals surface area contributed by atoms with Crippen molar-refractivity contribution in [2.24, 2.45) is 0 Å². The van der Waals surface area contributed by atoms with Gasteiger partial charge in [-0.1, -0.05) is 6.07 Å². The topological polar surface area (TPSA) is 128 Å². The van der Waals surface area contributed by atoms with Crippen molar-refractivity contribution >= 4 is 28.7 Å². The minimum absolute atomic E-state index is 0.0521. The molecule has 5 heterocycles. The number of nitrogens with zero attached hydrogens (tertiary/aromatic N) is 6. The van der Waals surface area contributed by atoms with Gasteiger partial charge in [-0.3, -0.25) is 14.8 Å². The average Bonchev–Trinajstić information content (AvgIpc) is 3.55. The van der Waals surface area contributed by atoms with Crippen LogP contribution in [0.15, 0.2) is 42.4 Å². The van der Waals surface area contributed by atoms with Gasteiger partial charge in [0.1, 0.15) is 35.1 Å². The molecule has 2 aliphatic heterocycles. The van der Waals surface area contributed by atoms with Crippen LogP contribution >= 0.6 is 0 Å². The van der Waals surface area contributed by atoms with E-state index >= 15 is 0 Å². The number of fused-ring (bicyclic) bond motifs is 3. The minimum Gasteiger partial charge on any atom is -0.474 e. The molecule has 1 N–H and O–H groups in total. The van der Waals surface area contributed by atoms with Gasteiger partial charge in [0, 0.05) is 37.2 Å². The number of hydrogen-bond acceptors (Lipinski definition) is 8. The van der Waals surface area contributed by atoms with Gasteiger partial charge in [-0.2, -0.15) is 10.4 Å². The number of rotatable bonds is 5. The zero-order chi connectivity index (χ0) is 23.3. The predicted molar refractivity (Wildman–Crippen MR) is 120 cm³/mol. The molecule has 1 atom stereocenters. The highest BCUT2D eigenvalue weighted by molar-refractivity contribution is 6.08. The second-order valence-corrected chi connectivity index (χ2v) is 8.98. The van der Waals surface area contributed by atoms with E-state index in [4.69, 9.17) is 4.74 Å². The van der Waals surface area contributed by atoms with E-state index < -0.39 is 5.41 Å². The Morgan fingerprint density at radius 2 is 2.21 bits per heavy atom. The lowest BCUT2D eigenvalue weighted by Gasteiger charge is -2.43. The van der Waals surface area contributed by atoms with Gasteiger partial charge in [-0.15, -0.1) is 0 Å². The number of ether oxygens (including phenoxy) is 1. The number of anilines is 1. The Hall–Kier alpha value is -4.22. The molecule has 1 unspecified atom stereocenters. The molecule has 0 radical (unpaired) electrons. The van der Waals surface area contributed by atoms with Crippen LogP contribution in [0.4, 0.5) is 5.82 Å². The number of amides is 1. The number of nitriles is 1. The number of carbonyl (C=O) groups is 1. The summed E-state index contributed by atoms with van der Waals surface area (Å²) < 4.78 is 6.07. The summed E-state index contributed by atoms with van der Waals surface area (Å²) in [5.74, 6) is 2.94. The van der Waals surface area contributed by atoms with Crippen LogP contribution in [0.3, 0.4) is 0 Å². The lowest BCUT2D eigenvalue weighted by Crippen LogP contribution is -2.54. The summed E-state index contributed by atoms with van der Waals surface area (Å²) in [7, 11) is 0. The van der Waals surface area contributed by atoms with Crippen LogP contribution in [0.2, 0.25) is 0 Å². The van der Waals surface area contributed by atoms with Gasteiger partial charge in [-0.25, -0.2) is 14.8 Å². The summed E-state index contributed by atoms with van der Waals surface area (Å²) in [5, 5.41) is 16.3. The van der Waals surface area contributed by atoms with Crippen molar-refractivity contribution in [3.63, 3.8) is 0 Å². The number of hydrogen-bond donors (Lipinski definition) is 1.